The Balaban J connectivity index is 1.68. The first-order valence-electron chi connectivity index (χ1n) is 9.40. The molecule has 0 radical (unpaired) electrons. The van der Waals surface area contributed by atoms with Crippen LogP contribution in [0.5, 0.6) is 0 Å². The topological polar surface area (TPSA) is 60.7 Å². The maximum absolute atomic E-state index is 10.9. The fourth-order valence-corrected chi connectivity index (χ4v) is 7.21. The molecular formula is C19H32O3. The van der Waals surface area contributed by atoms with Gasteiger partial charge in [0.1, 0.15) is 0 Å². The Morgan fingerprint density at radius 1 is 0.818 bits per heavy atom. The largest absolute Gasteiger partial charge is 0.393 e. The SMILES string of the molecule is C[C@]12CC[C@@H](O)C[C@@H]1CC[C@H]1[C@@H]3[C@@H](O)CC[C@@]3(C)[C@@H](O)C[C@@H]12. The molecule has 0 bridgehead atoms. The number of hydrogen-bond acceptors (Lipinski definition) is 3. The van der Waals surface area contributed by atoms with Crippen LogP contribution in [0.3, 0.4) is 0 Å². The second-order valence-electron chi connectivity index (χ2n) is 9.37. The quantitative estimate of drug-likeness (QED) is 0.645. The van der Waals surface area contributed by atoms with Crippen LogP contribution in [0.25, 0.3) is 0 Å². The average Bonchev–Trinajstić information content (AvgIpc) is 2.79. The minimum Gasteiger partial charge on any atom is -0.393 e. The van der Waals surface area contributed by atoms with E-state index in [4.69, 9.17) is 0 Å². The lowest BCUT2D eigenvalue weighted by Crippen LogP contribution is -2.58. The Morgan fingerprint density at radius 3 is 2.32 bits per heavy atom. The molecule has 0 aromatic rings. The van der Waals surface area contributed by atoms with Gasteiger partial charge in [-0.15, -0.1) is 0 Å². The summed E-state index contributed by atoms with van der Waals surface area (Å²) in [7, 11) is 0. The van der Waals surface area contributed by atoms with Gasteiger partial charge in [-0.1, -0.05) is 13.8 Å². The summed E-state index contributed by atoms with van der Waals surface area (Å²) in [5, 5.41) is 31.6. The molecule has 3 N–H and O–H groups in total. The summed E-state index contributed by atoms with van der Waals surface area (Å²) < 4.78 is 0. The molecule has 4 aliphatic carbocycles. The molecule has 4 rings (SSSR count). The Morgan fingerprint density at radius 2 is 1.55 bits per heavy atom. The van der Waals surface area contributed by atoms with Crippen LogP contribution in [0.1, 0.15) is 65.2 Å². The van der Waals surface area contributed by atoms with E-state index in [1.807, 2.05) is 0 Å². The molecule has 0 saturated heterocycles. The summed E-state index contributed by atoms with van der Waals surface area (Å²) in [5.74, 6) is 1.99. The van der Waals surface area contributed by atoms with Gasteiger partial charge >= 0.3 is 0 Å². The van der Waals surface area contributed by atoms with Crippen molar-refractivity contribution in [3.05, 3.63) is 0 Å². The van der Waals surface area contributed by atoms with E-state index in [0.29, 0.717) is 17.8 Å². The second-order valence-corrected chi connectivity index (χ2v) is 9.37. The molecule has 0 aliphatic heterocycles. The first-order valence-corrected chi connectivity index (χ1v) is 9.40. The Bertz CT molecular complexity index is 452. The van der Waals surface area contributed by atoms with Crippen molar-refractivity contribution in [2.45, 2.75) is 83.5 Å². The van der Waals surface area contributed by atoms with Crippen molar-refractivity contribution in [3.63, 3.8) is 0 Å². The summed E-state index contributed by atoms with van der Waals surface area (Å²) >= 11 is 0. The lowest BCUT2D eigenvalue weighted by atomic mass is 9.44. The molecule has 9 atom stereocenters. The van der Waals surface area contributed by atoms with Crippen LogP contribution >= 0.6 is 0 Å². The first-order chi connectivity index (χ1) is 10.4. The highest BCUT2D eigenvalue weighted by Gasteiger charge is 2.62. The lowest BCUT2D eigenvalue weighted by Gasteiger charge is -2.61. The zero-order valence-corrected chi connectivity index (χ0v) is 14.0. The van der Waals surface area contributed by atoms with Gasteiger partial charge in [-0.25, -0.2) is 0 Å². The lowest BCUT2D eigenvalue weighted by molar-refractivity contribution is -0.174. The molecule has 4 fully saturated rings. The van der Waals surface area contributed by atoms with Crippen LogP contribution in [-0.2, 0) is 0 Å². The van der Waals surface area contributed by atoms with Gasteiger partial charge in [0.05, 0.1) is 18.3 Å². The van der Waals surface area contributed by atoms with E-state index in [1.165, 1.54) is 12.8 Å². The molecule has 4 saturated carbocycles. The van der Waals surface area contributed by atoms with Gasteiger partial charge in [-0.2, -0.15) is 0 Å². The van der Waals surface area contributed by atoms with E-state index < -0.39 is 0 Å². The van der Waals surface area contributed by atoms with E-state index in [2.05, 4.69) is 13.8 Å². The summed E-state index contributed by atoms with van der Waals surface area (Å²) in [4.78, 5) is 0. The summed E-state index contributed by atoms with van der Waals surface area (Å²) in [6, 6.07) is 0. The van der Waals surface area contributed by atoms with Crippen LogP contribution < -0.4 is 0 Å². The minimum absolute atomic E-state index is 0.0715. The van der Waals surface area contributed by atoms with Crippen molar-refractivity contribution in [2.24, 2.45) is 34.5 Å². The number of aliphatic hydroxyl groups is 3. The first kappa shape index (κ1) is 15.4. The van der Waals surface area contributed by atoms with Crippen molar-refractivity contribution in [2.75, 3.05) is 0 Å². The van der Waals surface area contributed by atoms with Crippen molar-refractivity contribution in [1.29, 1.82) is 0 Å². The molecule has 3 nitrogen and oxygen atoms in total. The van der Waals surface area contributed by atoms with E-state index in [9.17, 15) is 15.3 Å². The van der Waals surface area contributed by atoms with Crippen molar-refractivity contribution in [1.82, 2.24) is 0 Å². The van der Waals surface area contributed by atoms with Gasteiger partial charge in [-0.05, 0) is 85.9 Å². The minimum atomic E-state index is -0.265. The van der Waals surface area contributed by atoms with Gasteiger partial charge in [-0.3, -0.25) is 0 Å². The summed E-state index contributed by atoms with van der Waals surface area (Å²) in [5.41, 5.74) is 0.185. The predicted molar refractivity (Wildman–Crippen MR) is 85.1 cm³/mol. The van der Waals surface area contributed by atoms with Crippen LogP contribution in [0.2, 0.25) is 0 Å². The standard InChI is InChI=1S/C19H32O3/c1-18-7-5-12(20)9-11(18)3-4-13-14(18)10-16(22)19(2)8-6-15(21)17(13)19/h11-17,20-22H,3-10H2,1-2H3/t11-,12+,13+,14-,15-,16-,17+,18-,19-/m0/s1. The highest BCUT2D eigenvalue weighted by Crippen LogP contribution is 2.66. The smallest absolute Gasteiger partial charge is 0.0600 e. The average molecular weight is 308 g/mol. The van der Waals surface area contributed by atoms with Gasteiger partial charge in [0.25, 0.3) is 0 Å². The molecule has 0 aromatic carbocycles. The third-order valence-electron chi connectivity index (χ3n) is 8.57. The monoisotopic (exact) mass is 308 g/mol. The van der Waals surface area contributed by atoms with E-state index >= 15 is 0 Å². The molecule has 3 heteroatoms. The molecule has 126 valence electrons. The maximum atomic E-state index is 10.9. The highest BCUT2D eigenvalue weighted by molar-refractivity contribution is 5.11. The van der Waals surface area contributed by atoms with E-state index in [-0.39, 0.29) is 35.1 Å². The number of fused-ring (bicyclic) bond motifs is 5. The Labute approximate surface area is 134 Å². The van der Waals surface area contributed by atoms with Crippen LogP contribution in [-0.4, -0.2) is 33.6 Å². The van der Waals surface area contributed by atoms with E-state index in [1.54, 1.807) is 0 Å². The van der Waals surface area contributed by atoms with E-state index in [0.717, 1.165) is 38.5 Å². The maximum Gasteiger partial charge on any atom is 0.0600 e. The van der Waals surface area contributed by atoms with Crippen LogP contribution in [0.15, 0.2) is 0 Å². The third kappa shape index (κ3) is 1.91. The van der Waals surface area contributed by atoms with Crippen LogP contribution in [0.4, 0.5) is 0 Å². The molecule has 22 heavy (non-hydrogen) atoms. The third-order valence-corrected chi connectivity index (χ3v) is 8.57. The highest BCUT2D eigenvalue weighted by atomic mass is 16.3. The molecule has 0 amide bonds. The molecule has 0 aromatic heterocycles. The Hall–Kier alpha value is -0.120. The second kappa shape index (κ2) is 4.94. The normalized spacial score (nSPS) is 61.2. The Kier molecular flexibility index (Phi) is 3.46. The van der Waals surface area contributed by atoms with Crippen molar-refractivity contribution < 1.29 is 15.3 Å². The number of aliphatic hydroxyl groups excluding tert-OH is 3. The molecule has 4 aliphatic rings. The fraction of sp³-hybridized carbons (Fsp3) is 1.00. The van der Waals surface area contributed by atoms with Gasteiger partial charge in [0, 0.05) is 0 Å². The van der Waals surface area contributed by atoms with Crippen LogP contribution in [0, 0.1) is 34.5 Å². The van der Waals surface area contributed by atoms with Gasteiger partial charge < -0.3 is 15.3 Å². The van der Waals surface area contributed by atoms with Crippen molar-refractivity contribution >= 4 is 0 Å². The molecule has 0 unspecified atom stereocenters. The zero-order valence-electron chi connectivity index (χ0n) is 14.0. The van der Waals surface area contributed by atoms with Gasteiger partial charge in [0.15, 0.2) is 0 Å². The molecule has 0 heterocycles. The molecular weight excluding hydrogens is 276 g/mol. The zero-order chi connectivity index (χ0) is 15.7. The molecule has 0 spiro atoms. The summed E-state index contributed by atoms with van der Waals surface area (Å²) in [6.45, 7) is 4.63. The summed E-state index contributed by atoms with van der Waals surface area (Å²) in [6.07, 6.45) is 7.47. The number of rotatable bonds is 0. The predicted octanol–water partition coefficient (Wildman–Crippen LogP) is 2.72. The number of hydrogen-bond donors (Lipinski definition) is 3. The van der Waals surface area contributed by atoms with Crippen molar-refractivity contribution in [3.8, 4) is 0 Å². The fourth-order valence-electron chi connectivity index (χ4n) is 7.21. The van der Waals surface area contributed by atoms with Gasteiger partial charge in [0.2, 0.25) is 0 Å².